The normalized spacial score (nSPS) is 19.8. The van der Waals surface area contributed by atoms with E-state index >= 15 is 0 Å². The summed E-state index contributed by atoms with van der Waals surface area (Å²) in [7, 11) is 0. The third kappa shape index (κ3) is 15.3. The number of aliphatic hydroxyl groups is 1. The van der Waals surface area contributed by atoms with Gasteiger partial charge in [-0.05, 0) is 6.42 Å². The number of rotatable bonds is 3. The van der Waals surface area contributed by atoms with Crippen molar-refractivity contribution in [3.63, 3.8) is 0 Å². The highest BCUT2D eigenvalue weighted by Gasteiger charge is 2.19. The highest BCUT2D eigenvalue weighted by molar-refractivity contribution is 6.18. The van der Waals surface area contributed by atoms with Gasteiger partial charge in [-0.3, -0.25) is 0 Å². The number of hydrogen-bond donors (Lipinski definition) is 1. The molecule has 0 bridgehead atoms. The Morgan fingerprint density at radius 3 is 1.92 bits per heavy atom. The number of aliphatic hydroxyl groups excluding tert-OH is 1. The molecule has 0 aliphatic carbocycles. The molecule has 13 heavy (non-hydrogen) atoms. The molecule has 1 fully saturated rings. The number of ether oxygens (including phenoxy) is 1. The summed E-state index contributed by atoms with van der Waals surface area (Å²) in [6.45, 7) is 2.77. The van der Waals surface area contributed by atoms with Crippen LogP contribution in [0.2, 0.25) is 0 Å². The second kappa shape index (κ2) is 12.5. The molecule has 1 N–H and O–H groups in total. The summed E-state index contributed by atoms with van der Waals surface area (Å²) in [5, 5.41) is 8.53. The number of epoxide rings is 1. The van der Waals surface area contributed by atoms with Crippen molar-refractivity contribution >= 4 is 23.2 Å². The van der Waals surface area contributed by atoms with E-state index in [1.54, 1.807) is 0 Å². The van der Waals surface area contributed by atoms with Crippen molar-refractivity contribution in [3.05, 3.63) is 0 Å². The van der Waals surface area contributed by atoms with Crippen LogP contribution in [0, 0.1) is 0 Å². The zero-order valence-electron chi connectivity index (χ0n) is 6.59. The second-order valence-corrected chi connectivity index (χ2v) is 2.94. The molecule has 0 aromatic heterocycles. The average molecular weight is 233 g/mol. The van der Waals surface area contributed by atoms with Gasteiger partial charge in [-0.15, -0.1) is 23.2 Å². The first-order valence-corrected chi connectivity index (χ1v) is 4.73. The molecule has 2 unspecified atom stereocenters. The van der Waals surface area contributed by atoms with Crippen molar-refractivity contribution in [2.24, 2.45) is 0 Å². The van der Waals surface area contributed by atoms with Gasteiger partial charge < -0.3 is 9.84 Å². The summed E-state index contributed by atoms with van der Waals surface area (Å²) in [5.41, 5.74) is 0. The molecular formula is C9H22Cl2O2. The monoisotopic (exact) mass is 232 g/mol. The Morgan fingerprint density at radius 2 is 1.92 bits per heavy atom. The van der Waals surface area contributed by atoms with Crippen LogP contribution in [-0.4, -0.2) is 35.7 Å². The second-order valence-electron chi connectivity index (χ2n) is 2.33. The van der Waals surface area contributed by atoms with Gasteiger partial charge in [0, 0.05) is 5.88 Å². The van der Waals surface area contributed by atoms with E-state index in [1.165, 1.54) is 0 Å². The minimum Gasteiger partial charge on any atom is -0.392 e. The summed E-state index contributed by atoms with van der Waals surface area (Å²) in [6, 6.07) is 0. The molecule has 0 aromatic carbocycles. The van der Waals surface area contributed by atoms with Crippen molar-refractivity contribution in [1.82, 2.24) is 0 Å². The molecule has 2 nitrogen and oxygen atoms in total. The maximum Gasteiger partial charge on any atom is 0.0944 e. The van der Waals surface area contributed by atoms with Gasteiger partial charge in [0.25, 0.3) is 0 Å². The molecule has 1 aliphatic heterocycles. The Balaban J connectivity index is -0.000000134. The molecular weight excluding hydrogens is 211 g/mol. The van der Waals surface area contributed by atoms with Crippen LogP contribution >= 0.6 is 23.2 Å². The van der Waals surface area contributed by atoms with Gasteiger partial charge in [0.1, 0.15) is 0 Å². The smallest absolute Gasteiger partial charge is 0.0944 e. The molecule has 2 atom stereocenters. The van der Waals surface area contributed by atoms with E-state index in [0.717, 1.165) is 13.0 Å². The van der Waals surface area contributed by atoms with Gasteiger partial charge in [-0.1, -0.05) is 21.8 Å². The molecule has 1 rings (SSSR count). The number of halogens is 2. The summed E-state index contributed by atoms with van der Waals surface area (Å²) in [4.78, 5) is 0. The van der Waals surface area contributed by atoms with Crippen LogP contribution in [-0.2, 0) is 4.74 Å². The van der Waals surface area contributed by atoms with Gasteiger partial charge in [0.15, 0.2) is 0 Å². The zero-order valence-corrected chi connectivity index (χ0v) is 8.11. The lowest BCUT2D eigenvalue weighted by Crippen LogP contribution is -2.04. The summed E-state index contributed by atoms with van der Waals surface area (Å²) < 4.78 is 4.73. The molecule has 4 heteroatoms. The fourth-order valence-corrected chi connectivity index (χ4v) is 0.663. The molecule has 0 amide bonds. The number of hydrogen-bond acceptors (Lipinski definition) is 2. The third-order valence-electron chi connectivity index (χ3n) is 1.22. The maximum atomic E-state index is 8.53. The molecule has 0 spiro atoms. The Labute approximate surface area is 92.2 Å². The standard InChI is InChI=1S/C4H9ClO.C3H5ClO.2CH4/c1-2-4(6)3-5;4-1-3-2-5-3;;/h4,6H,2-3H2,1H3;3H,1-2H2;2*1H4. The Morgan fingerprint density at radius 1 is 1.46 bits per heavy atom. The average Bonchev–Trinajstić information content (AvgIpc) is 2.86. The van der Waals surface area contributed by atoms with E-state index in [1.807, 2.05) is 6.92 Å². The van der Waals surface area contributed by atoms with Crippen LogP contribution < -0.4 is 0 Å². The van der Waals surface area contributed by atoms with E-state index < -0.39 is 0 Å². The van der Waals surface area contributed by atoms with E-state index in [4.69, 9.17) is 33.0 Å². The van der Waals surface area contributed by atoms with Gasteiger partial charge in [-0.25, -0.2) is 0 Å². The van der Waals surface area contributed by atoms with Crippen LogP contribution in [0.25, 0.3) is 0 Å². The first-order chi connectivity index (χ1) is 5.24. The molecule has 1 aliphatic rings. The summed E-state index contributed by atoms with van der Waals surface area (Å²) in [5.74, 6) is 1.02. The number of alkyl halides is 2. The van der Waals surface area contributed by atoms with E-state index in [9.17, 15) is 0 Å². The van der Waals surface area contributed by atoms with Crippen LogP contribution in [0.5, 0.6) is 0 Å². The Hall–Kier alpha value is 0.500. The topological polar surface area (TPSA) is 32.8 Å². The quantitative estimate of drug-likeness (QED) is 0.600. The highest BCUT2D eigenvalue weighted by Crippen LogP contribution is 2.08. The van der Waals surface area contributed by atoms with Gasteiger partial charge in [-0.2, -0.15) is 0 Å². The van der Waals surface area contributed by atoms with Crippen LogP contribution in [0.4, 0.5) is 0 Å². The first kappa shape index (κ1) is 19.1. The first-order valence-electron chi connectivity index (χ1n) is 3.66. The van der Waals surface area contributed by atoms with Crippen LogP contribution in [0.15, 0.2) is 0 Å². The minimum atomic E-state index is -0.299. The van der Waals surface area contributed by atoms with Crippen molar-refractivity contribution in [2.75, 3.05) is 18.4 Å². The SMILES string of the molecule is C.C.CCC(O)CCl.ClCC1CO1. The predicted molar refractivity (Wildman–Crippen MR) is 60.9 cm³/mol. The fraction of sp³-hybridized carbons (Fsp3) is 1.00. The summed E-state index contributed by atoms with van der Waals surface area (Å²) in [6.07, 6.45) is 0.854. The molecule has 1 saturated heterocycles. The van der Waals surface area contributed by atoms with Crippen LogP contribution in [0.3, 0.4) is 0 Å². The van der Waals surface area contributed by atoms with E-state index in [0.29, 0.717) is 17.9 Å². The Bertz CT molecular complexity index is 83.7. The van der Waals surface area contributed by atoms with Gasteiger partial charge in [0.2, 0.25) is 0 Å². The third-order valence-corrected chi connectivity index (χ3v) is 1.92. The highest BCUT2D eigenvalue weighted by atomic mass is 35.5. The molecule has 1 heterocycles. The Kier molecular flexibility index (Phi) is 18.4. The van der Waals surface area contributed by atoms with Crippen molar-refractivity contribution in [2.45, 2.75) is 40.4 Å². The minimum absolute atomic E-state index is 0. The van der Waals surface area contributed by atoms with Gasteiger partial charge in [0.05, 0.1) is 24.7 Å². The maximum absolute atomic E-state index is 8.53. The largest absolute Gasteiger partial charge is 0.392 e. The van der Waals surface area contributed by atoms with Gasteiger partial charge >= 0.3 is 0 Å². The van der Waals surface area contributed by atoms with Crippen molar-refractivity contribution < 1.29 is 9.84 Å². The fourth-order valence-electron chi connectivity index (χ4n) is 0.266. The molecule has 84 valence electrons. The molecule has 0 saturated carbocycles. The lowest BCUT2D eigenvalue weighted by atomic mass is 10.3. The van der Waals surface area contributed by atoms with Crippen molar-refractivity contribution in [1.29, 1.82) is 0 Å². The van der Waals surface area contributed by atoms with Crippen LogP contribution in [0.1, 0.15) is 28.2 Å². The molecule has 0 radical (unpaired) electrons. The molecule has 0 aromatic rings. The van der Waals surface area contributed by atoms with Crippen molar-refractivity contribution in [3.8, 4) is 0 Å². The lowest BCUT2D eigenvalue weighted by Gasteiger charge is -1.96. The lowest BCUT2D eigenvalue weighted by molar-refractivity contribution is 0.194. The van der Waals surface area contributed by atoms with E-state index in [-0.39, 0.29) is 21.0 Å². The summed E-state index contributed by atoms with van der Waals surface area (Å²) >= 11 is 10.5. The van der Waals surface area contributed by atoms with E-state index in [2.05, 4.69) is 0 Å². The predicted octanol–water partition coefficient (Wildman–Crippen LogP) is 2.89. The zero-order chi connectivity index (χ0) is 8.69.